The number of benzene rings is 2. The predicted molar refractivity (Wildman–Crippen MR) is 117 cm³/mol. The zero-order chi connectivity index (χ0) is 21.5. The average Bonchev–Trinajstić information content (AvgIpc) is 3.07. The van der Waals surface area contributed by atoms with E-state index in [2.05, 4.69) is 14.8 Å². The molecule has 0 radical (unpaired) electrons. The van der Waals surface area contributed by atoms with Crippen LogP contribution >= 0.6 is 23.2 Å². The number of nitrogens with one attached hydrogen (secondary N) is 1. The molecule has 0 aliphatic rings. The minimum absolute atomic E-state index is 0.0136. The van der Waals surface area contributed by atoms with Gasteiger partial charge in [-0.2, -0.15) is 4.98 Å². The minimum Gasteiger partial charge on any atom is -0.246 e. The van der Waals surface area contributed by atoms with Crippen molar-refractivity contribution < 1.29 is 8.42 Å². The van der Waals surface area contributed by atoms with Crippen molar-refractivity contribution in [1.29, 1.82) is 0 Å². The number of nitrogens with zero attached hydrogens (tertiary/aromatic N) is 3. The molecule has 0 aliphatic heterocycles. The topological polar surface area (TPSA) is 76.9 Å². The van der Waals surface area contributed by atoms with E-state index in [-0.39, 0.29) is 10.8 Å². The number of sulfonamides is 1. The molecule has 0 fully saturated rings. The number of rotatable bonds is 5. The number of halogens is 2. The summed E-state index contributed by atoms with van der Waals surface area (Å²) < 4.78 is 30.2. The second kappa shape index (κ2) is 7.97. The highest BCUT2D eigenvalue weighted by Crippen LogP contribution is 2.30. The molecule has 2 aromatic carbocycles. The van der Waals surface area contributed by atoms with Gasteiger partial charge in [0.1, 0.15) is 6.33 Å². The van der Waals surface area contributed by atoms with E-state index in [1.165, 1.54) is 11.0 Å². The van der Waals surface area contributed by atoms with Gasteiger partial charge in [0.15, 0.2) is 0 Å². The number of anilines is 1. The van der Waals surface area contributed by atoms with Crippen molar-refractivity contribution in [2.75, 3.05) is 4.72 Å². The first-order chi connectivity index (χ1) is 13.5. The molecule has 29 heavy (non-hydrogen) atoms. The highest BCUT2D eigenvalue weighted by Gasteiger charge is 2.25. The highest BCUT2D eigenvalue weighted by molar-refractivity contribution is 7.92. The molecule has 1 heterocycles. The lowest BCUT2D eigenvalue weighted by atomic mass is 9.95. The van der Waals surface area contributed by atoms with Gasteiger partial charge in [0.25, 0.3) is 16.0 Å². The van der Waals surface area contributed by atoms with Crippen LogP contribution in [0.15, 0.2) is 29.4 Å². The normalized spacial score (nSPS) is 11.7. The maximum absolute atomic E-state index is 13.1. The molecule has 0 bridgehead atoms. The van der Waals surface area contributed by atoms with Crippen molar-refractivity contribution in [3.8, 4) is 0 Å². The van der Waals surface area contributed by atoms with Crippen LogP contribution < -0.4 is 4.72 Å². The Morgan fingerprint density at radius 1 is 0.931 bits per heavy atom. The number of hydrogen-bond donors (Lipinski definition) is 1. The summed E-state index contributed by atoms with van der Waals surface area (Å²) in [5, 5.41) is 5.14. The van der Waals surface area contributed by atoms with E-state index in [1.807, 2.05) is 40.7 Å². The number of aromatic nitrogens is 3. The van der Waals surface area contributed by atoms with Gasteiger partial charge in [-0.3, -0.25) is 0 Å². The Bertz CT molecular complexity index is 1170. The van der Waals surface area contributed by atoms with E-state index >= 15 is 0 Å². The zero-order valence-electron chi connectivity index (χ0n) is 16.8. The third-order valence-electron chi connectivity index (χ3n) is 5.29. The lowest BCUT2D eigenvalue weighted by molar-refractivity contribution is 0.599. The van der Waals surface area contributed by atoms with Gasteiger partial charge < -0.3 is 0 Å². The van der Waals surface area contributed by atoms with Crippen molar-refractivity contribution in [3.05, 3.63) is 68.0 Å². The molecular formula is C20H22Cl2N4O2S. The summed E-state index contributed by atoms with van der Waals surface area (Å²) >= 11 is 12.0. The summed E-state index contributed by atoms with van der Waals surface area (Å²) in [5.74, 6) is 0.0136. The molecule has 0 saturated carbocycles. The van der Waals surface area contributed by atoms with E-state index in [0.717, 1.165) is 33.4 Å². The maximum atomic E-state index is 13.1. The molecular weight excluding hydrogens is 431 g/mol. The zero-order valence-corrected chi connectivity index (χ0v) is 19.2. The Hall–Kier alpha value is -2.09. The van der Waals surface area contributed by atoms with Crippen LogP contribution in [0.25, 0.3) is 0 Å². The molecule has 154 valence electrons. The summed E-state index contributed by atoms with van der Waals surface area (Å²) in [4.78, 5) is 4.36. The molecule has 9 heteroatoms. The molecule has 6 nitrogen and oxygen atoms in total. The monoisotopic (exact) mass is 452 g/mol. The number of hydrogen-bond acceptors (Lipinski definition) is 4. The van der Waals surface area contributed by atoms with Crippen LogP contribution in [0.5, 0.6) is 0 Å². The van der Waals surface area contributed by atoms with Gasteiger partial charge in [-0.05, 0) is 80.1 Å². The Labute approximate surface area is 180 Å². The third kappa shape index (κ3) is 4.27. The fourth-order valence-corrected chi connectivity index (χ4v) is 5.15. The quantitative estimate of drug-likeness (QED) is 0.592. The van der Waals surface area contributed by atoms with Crippen molar-refractivity contribution in [2.45, 2.75) is 46.1 Å². The fraction of sp³-hybridized carbons (Fsp3) is 0.300. The Morgan fingerprint density at radius 3 is 2.10 bits per heavy atom. The summed E-state index contributed by atoms with van der Waals surface area (Å²) in [6.07, 6.45) is 1.46. The molecule has 0 unspecified atom stereocenters. The van der Waals surface area contributed by atoms with Crippen LogP contribution in [-0.4, -0.2) is 23.2 Å². The van der Waals surface area contributed by atoms with E-state index < -0.39 is 10.0 Å². The Kier molecular flexibility index (Phi) is 5.94. The van der Waals surface area contributed by atoms with Crippen LogP contribution in [-0.2, 0) is 16.6 Å². The SMILES string of the molecule is Cc1c(C)c(C)c(S(=O)(=O)Nc2ncn(Cc3ccc(Cl)c(Cl)c3)n2)c(C)c1C. The maximum Gasteiger partial charge on any atom is 0.264 e. The lowest BCUT2D eigenvalue weighted by Gasteiger charge is -2.18. The van der Waals surface area contributed by atoms with Gasteiger partial charge in [0.2, 0.25) is 0 Å². The third-order valence-corrected chi connectivity index (χ3v) is 7.63. The van der Waals surface area contributed by atoms with Gasteiger partial charge in [0.05, 0.1) is 21.5 Å². The molecule has 0 atom stereocenters. The van der Waals surface area contributed by atoms with Gasteiger partial charge in [0, 0.05) is 0 Å². The van der Waals surface area contributed by atoms with Crippen LogP contribution in [0.4, 0.5) is 5.95 Å². The summed E-state index contributed by atoms with van der Waals surface area (Å²) in [5.41, 5.74) is 5.36. The molecule has 0 saturated heterocycles. The molecule has 0 spiro atoms. The molecule has 3 rings (SSSR count). The Morgan fingerprint density at radius 2 is 1.52 bits per heavy atom. The molecule has 0 amide bonds. The van der Waals surface area contributed by atoms with E-state index in [9.17, 15) is 8.42 Å². The van der Waals surface area contributed by atoms with Crippen LogP contribution in [0.3, 0.4) is 0 Å². The summed E-state index contributed by atoms with van der Waals surface area (Å²) in [6.45, 7) is 9.88. The van der Waals surface area contributed by atoms with Crippen LogP contribution in [0, 0.1) is 34.6 Å². The molecule has 1 N–H and O–H groups in total. The largest absolute Gasteiger partial charge is 0.264 e. The first kappa shape index (κ1) is 21.6. The summed E-state index contributed by atoms with van der Waals surface area (Å²) in [7, 11) is -3.84. The first-order valence-electron chi connectivity index (χ1n) is 8.94. The van der Waals surface area contributed by atoms with Crippen molar-refractivity contribution in [3.63, 3.8) is 0 Å². The second-order valence-corrected chi connectivity index (χ2v) is 9.51. The fourth-order valence-electron chi connectivity index (χ4n) is 3.28. The van der Waals surface area contributed by atoms with Gasteiger partial charge in [-0.25, -0.2) is 17.8 Å². The van der Waals surface area contributed by atoms with Gasteiger partial charge >= 0.3 is 0 Å². The van der Waals surface area contributed by atoms with Crippen molar-refractivity contribution in [1.82, 2.24) is 14.8 Å². The van der Waals surface area contributed by atoms with Crippen LogP contribution in [0.1, 0.15) is 33.4 Å². The highest BCUT2D eigenvalue weighted by atomic mass is 35.5. The molecule has 1 aromatic heterocycles. The van der Waals surface area contributed by atoms with Crippen LogP contribution in [0.2, 0.25) is 10.0 Å². The predicted octanol–water partition coefficient (Wildman–Crippen LogP) is 4.98. The smallest absolute Gasteiger partial charge is 0.246 e. The van der Waals surface area contributed by atoms with E-state index in [1.54, 1.807) is 12.1 Å². The lowest BCUT2D eigenvalue weighted by Crippen LogP contribution is -2.18. The van der Waals surface area contributed by atoms with Gasteiger partial charge in [-0.1, -0.05) is 29.3 Å². The van der Waals surface area contributed by atoms with Gasteiger partial charge in [-0.15, -0.1) is 5.10 Å². The standard InChI is InChI=1S/C20H22Cl2N4O2S/c1-11-12(2)14(4)19(15(5)13(11)3)29(27,28)25-20-23-10-26(24-20)9-16-6-7-17(21)18(22)8-16/h6-8,10H,9H2,1-5H3,(H,24,25). The summed E-state index contributed by atoms with van der Waals surface area (Å²) in [6, 6.07) is 5.26. The van der Waals surface area contributed by atoms with Crippen molar-refractivity contribution in [2.24, 2.45) is 0 Å². The van der Waals surface area contributed by atoms with E-state index in [0.29, 0.717) is 16.6 Å². The first-order valence-corrected chi connectivity index (χ1v) is 11.2. The minimum atomic E-state index is -3.84. The average molecular weight is 453 g/mol. The molecule has 0 aliphatic carbocycles. The molecule has 3 aromatic rings. The second-order valence-electron chi connectivity index (χ2n) is 7.07. The van der Waals surface area contributed by atoms with Crippen molar-refractivity contribution >= 4 is 39.2 Å². The Balaban J connectivity index is 1.88. The van der Waals surface area contributed by atoms with E-state index in [4.69, 9.17) is 23.2 Å².